The van der Waals surface area contributed by atoms with Gasteiger partial charge in [0.15, 0.2) is 0 Å². The number of piperidine rings is 1. The highest BCUT2D eigenvalue weighted by molar-refractivity contribution is 7.88. The lowest BCUT2D eigenvalue weighted by atomic mass is 9.92. The molecule has 0 spiro atoms. The van der Waals surface area contributed by atoms with Crippen LogP contribution in [0, 0.1) is 11.3 Å². The molecule has 0 unspecified atom stereocenters. The average molecular weight is 675 g/mol. The molecular formula is C34H54N6O6S. The maximum Gasteiger partial charge on any atom is 0.249 e. The van der Waals surface area contributed by atoms with Gasteiger partial charge in [0, 0.05) is 39.0 Å². The van der Waals surface area contributed by atoms with Crippen molar-refractivity contribution in [3.8, 4) is 0 Å². The number of carbonyl (C=O) groups is 4. The van der Waals surface area contributed by atoms with Crippen LogP contribution in [0.25, 0.3) is 0 Å². The van der Waals surface area contributed by atoms with Crippen molar-refractivity contribution in [2.24, 2.45) is 22.1 Å². The second-order valence-electron chi connectivity index (χ2n) is 14.1. The van der Waals surface area contributed by atoms with Crippen molar-refractivity contribution in [1.82, 2.24) is 19.4 Å². The zero-order chi connectivity index (χ0) is 34.8. The normalized spacial score (nSPS) is 18.8. The topological polar surface area (TPSA) is 163 Å². The molecule has 0 aromatic heterocycles. The van der Waals surface area contributed by atoms with Gasteiger partial charge in [-0.1, -0.05) is 70.9 Å². The Labute approximate surface area is 280 Å². The van der Waals surface area contributed by atoms with Gasteiger partial charge in [0.2, 0.25) is 39.6 Å². The number of sulfonamides is 1. The predicted molar refractivity (Wildman–Crippen MR) is 183 cm³/mol. The largest absolute Gasteiger partial charge is 0.368 e. The fourth-order valence-electron chi connectivity index (χ4n) is 6.25. The first-order valence-corrected chi connectivity index (χ1v) is 18.7. The Balaban J connectivity index is 1.81. The van der Waals surface area contributed by atoms with Gasteiger partial charge < -0.3 is 15.5 Å². The standard InChI is InChI=1S/C34H54N6O6S/c1-6-7-9-16-29(41)36-33(37-30(42)23-34(2,3)4)38-20-17-26(18-21-38)24-40(47(5,45)46)28(22-25-13-10-8-11-14-25)32(44)39-19-12-15-27(39)31(35)43/h8,10-11,13-14,26-28H,6-7,9,12,15-24H2,1-5H3,(H2,35,43)(H,36,37,41,42)/t27-,28+/m0/s1. The lowest BCUT2D eigenvalue weighted by Gasteiger charge is -2.38. The van der Waals surface area contributed by atoms with Crippen molar-refractivity contribution in [2.45, 2.75) is 104 Å². The summed E-state index contributed by atoms with van der Waals surface area (Å²) in [6.07, 6.45) is 6.69. The summed E-state index contributed by atoms with van der Waals surface area (Å²) >= 11 is 0. The summed E-state index contributed by atoms with van der Waals surface area (Å²) in [5, 5.41) is 2.87. The highest BCUT2D eigenvalue weighted by atomic mass is 32.2. The molecule has 2 aliphatic rings. The molecule has 4 amide bonds. The van der Waals surface area contributed by atoms with Crippen LogP contribution in [0.15, 0.2) is 35.3 Å². The molecule has 47 heavy (non-hydrogen) atoms. The van der Waals surface area contributed by atoms with E-state index >= 15 is 0 Å². The molecule has 2 aliphatic heterocycles. The number of hydrogen-bond donors (Lipinski definition) is 2. The molecule has 0 saturated carbocycles. The van der Waals surface area contributed by atoms with E-state index in [9.17, 15) is 27.6 Å². The number of aliphatic imine (C=N–C) groups is 1. The number of rotatable bonds is 13. The molecule has 2 atom stereocenters. The van der Waals surface area contributed by atoms with Gasteiger partial charge in [-0.05, 0) is 55.4 Å². The Hall–Kier alpha value is -3.32. The van der Waals surface area contributed by atoms with Gasteiger partial charge in [0.25, 0.3) is 0 Å². The summed E-state index contributed by atoms with van der Waals surface area (Å²) in [7, 11) is -3.86. The van der Waals surface area contributed by atoms with Gasteiger partial charge in [-0.15, -0.1) is 0 Å². The summed E-state index contributed by atoms with van der Waals surface area (Å²) in [6.45, 7) is 9.29. The number of nitrogens with zero attached hydrogens (tertiary/aromatic N) is 4. The molecular weight excluding hydrogens is 620 g/mol. The average Bonchev–Trinajstić information content (AvgIpc) is 3.48. The van der Waals surface area contributed by atoms with Gasteiger partial charge in [0.1, 0.15) is 12.1 Å². The second kappa shape index (κ2) is 17.2. The van der Waals surface area contributed by atoms with Gasteiger partial charge >= 0.3 is 0 Å². The number of nitrogens with two attached hydrogens (primary N) is 1. The number of likely N-dealkylation sites (tertiary alicyclic amines) is 2. The van der Waals surface area contributed by atoms with Gasteiger partial charge in [-0.3, -0.25) is 24.5 Å². The molecule has 0 bridgehead atoms. The SMILES string of the molecule is CCCCCC(=O)NC(=NC(=O)CC(C)(C)C)N1CCC(CN([C@H](Cc2ccccc2)C(=O)N2CCC[C@H]2C(N)=O)S(C)(=O)=O)CC1. The Morgan fingerprint density at radius 1 is 1.04 bits per heavy atom. The van der Waals surface area contributed by atoms with E-state index in [-0.39, 0.29) is 48.5 Å². The Kier molecular flexibility index (Phi) is 13.9. The molecule has 0 radical (unpaired) electrons. The monoisotopic (exact) mass is 674 g/mol. The molecule has 13 heteroatoms. The van der Waals surface area contributed by atoms with E-state index < -0.39 is 33.9 Å². The molecule has 2 saturated heterocycles. The molecule has 262 valence electrons. The van der Waals surface area contributed by atoms with Crippen molar-refractivity contribution >= 4 is 39.6 Å². The number of benzene rings is 1. The quantitative estimate of drug-likeness (QED) is 0.185. The van der Waals surface area contributed by atoms with Crippen LogP contribution in [0.1, 0.15) is 91.0 Å². The van der Waals surface area contributed by atoms with Crippen LogP contribution in [0.4, 0.5) is 0 Å². The summed E-state index contributed by atoms with van der Waals surface area (Å²) in [5.74, 6) is -1.37. The molecule has 2 heterocycles. The van der Waals surface area contributed by atoms with Crippen LogP contribution in [0.5, 0.6) is 0 Å². The molecule has 3 rings (SSSR count). The first-order chi connectivity index (χ1) is 22.1. The molecule has 3 N–H and O–H groups in total. The Morgan fingerprint density at radius 2 is 1.70 bits per heavy atom. The molecule has 12 nitrogen and oxygen atoms in total. The minimum absolute atomic E-state index is 0.0932. The maximum atomic E-state index is 14.1. The summed E-state index contributed by atoms with van der Waals surface area (Å²) in [4.78, 5) is 59.5. The van der Waals surface area contributed by atoms with E-state index in [1.54, 1.807) is 0 Å². The van der Waals surface area contributed by atoms with Crippen molar-refractivity contribution in [3.05, 3.63) is 35.9 Å². The highest BCUT2D eigenvalue weighted by Gasteiger charge is 2.42. The highest BCUT2D eigenvalue weighted by Crippen LogP contribution is 2.26. The van der Waals surface area contributed by atoms with Gasteiger partial charge in [0.05, 0.1) is 6.26 Å². The smallest absolute Gasteiger partial charge is 0.249 e. The van der Waals surface area contributed by atoms with Crippen LogP contribution in [-0.4, -0.2) is 96.6 Å². The third kappa shape index (κ3) is 12.0. The molecule has 0 aliphatic carbocycles. The van der Waals surface area contributed by atoms with Crippen LogP contribution >= 0.6 is 0 Å². The van der Waals surface area contributed by atoms with E-state index in [2.05, 4.69) is 17.2 Å². The summed E-state index contributed by atoms with van der Waals surface area (Å²) in [5.41, 5.74) is 6.16. The lowest BCUT2D eigenvalue weighted by molar-refractivity contribution is -0.140. The molecule has 1 aromatic carbocycles. The van der Waals surface area contributed by atoms with Crippen molar-refractivity contribution in [3.63, 3.8) is 0 Å². The number of guanidine groups is 1. The second-order valence-corrected chi connectivity index (χ2v) is 16.1. The van der Waals surface area contributed by atoms with Crippen molar-refractivity contribution < 1.29 is 27.6 Å². The molecule has 1 aromatic rings. The van der Waals surface area contributed by atoms with Crippen LogP contribution in [-0.2, 0) is 35.6 Å². The first kappa shape index (κ1) is 38.1. The predicted octanol–water partition coefficient (Wildman–Crippen LogP) is 3.06. The number of amides is 4. The number of hydrogen-bond acceptors (Lipinski definition) is 6. The van der Waals surface area contributed by atoms with Crippen LogP contribution in [0.3, 0.4) is 0 Å². The fraction of sp³-hybridized carbons (Fsp3) is 0.676. The van der Waals surface area contributed by atoms with E-state index in [0.29, 0.717) is 51.7 Å². The summed E-state index contributed by atoms with van der Waals surface area (Å²) in [6, 6.07) is 7.44. The van der Waals surface area contributed by atoms with E-state index in [1.165, 1.54) is 9.21 Å². The zero-order valence-corrected chi connectivity index (χ0v) is 29.6. The fourth-order valence-corrected chi connectivity index (χ4v) is 7.36. The van der Waals surface area contributed by atoms with Crippen LogP contribution < -0.4 is 11.1 Å². The third-order valence-corrected chi connectivity index (χ3v) is 9.97. The minimum atomic E-state index is -3.86. The van der Waals surface area contributed by atoms with Gasteiger partial charge in [-0.2, -0.15) is 9.30 Å². The van der Waals surface area contributed by atoms with E-state index in [4.69, 9.17) is 5.73 Å². The number of carbonyl (C=O) groups excluding carboxylic acids is 4. The minimum Gasteiger partial charge on any atom is -0.368 e. The first-order valence-electron chi connectivity index (χ1n) is 16.9. The summed E-state index contributed by atoms with van der Waals surface area (Å²) < 4.78 is 28.0. The zero-order valence-electron chi connectivity index (χ0n) is 28.7. The lowest BCUT2D eigenvalue weighted by Crippen LogP contribution is -2.56. The van der Waals surface area contributed by atoms with E-state index in [0.717, 1.165) is 31.1 Å². The Bertz CT molecular complexity index is 1370. The van der Waals surface area contributed by atoms with Gasteiger partial charge in [-0.25, -0.2) is 8.42 Å². The van der Waals surface area contributed by atoms with Crippen LogP contribution in [0.2, 0.25) is 0 Å². The van der Waals surface area contributed by atoms with Crippen molar-refractivity contribution in [2.75, 3.05) is 32.4 Å². The Morgan fingerprint density at radius 3 is 2.28 bits per heavy atom. The van der Waals surface area contributed by atoms with E-state index in [1.807, 2.05) is 56.0 Å². The van der Waals surface area contributed by atoms with Crippen molar-refractivity contribution in [1.29, 1.82) is 0 Å². The number of nitrogens with one attached hydrogen (secondary N) is 1. The third-order valence-electron chi connectivity index (χ3n) is 8.72. The number of unbranched alkanes of at least 4 members (excludes halogenated alkanes) is 2. The maximum absolute atomic E-state index is 14.1. The molecule has 2 fully saturated rings. The number of primary amides is 1.